The first-order chi connectivity index (χ1) is 12.8. The van der Waals surface area contributed by atoms with Crippen molar-refractivity contribution in [3.8, 4) is 0 Å². The quantitative estimate of drug-likeness (QED) is 0.348. The zero-order chi connectivity index (χ0) is 18.6. The fourth-order valence-corrected chi connectivity index (χ4v) is 2.98. The predicted octanol–water partition coefficient (Wildman–Crippen LogP) is 1.14. The average Bonchev–Trinajstić information content (AvgIpc) is 2.99. The van der Waals surface area contributed by atoms with E-state index in [1.807, 2.05) is 4.57 Å². The molecule has 2 N–H and O–H groups in total. The van der Waals surface area contributed by atoms with E-state index in [4.69, 9.17) is 4.74 Å². The van der Waals surface area contributed by atoms with E-state index < -0.39 is 0 Å². The van der Waals surface area contributed by atoms with Gasteiger partial charge in [-0.3, -0.25) is 9.56 Å². The van der Waals surface area contributed by atoms with Gasteiger partial charge in [0.2, 0.25) is 0 Å². The van der Waals surface area contributed by atoms with Crippen molar-refractivity contribution in [2.75, 3.05) is 33.4 Å². The first-order valence-electron chi connectivity index (χ1n) is 9.95. The lowest BCUT2D eigenvalue weighted by Crippen LogP contribution is -2.39. The molecular formula is C18H34N6O2. The molecule has 8 heteroatoms. The van der Waals surface area contributed by atoms with Gasteiger partial charge < -0.3 is 15.4 Å². The second-order valence-corrected chi connectivity index (χ2v) is 6.63. The van der Waals surface area contributed by atoms with Gasteiger partial charge in [-0.15, -0.1) is 0 Å². The lowest BCUT2D eigenvalue weighted by molar-refractivity contribution is 0.129. The van der Waals surface area contributed by atoms with Crippen molar-refractivity contribution in [1.29, 1.82) is 0 Å². The van der Waals surface area contributed by atoms with Crippen molar-refractivity contribution < 1.29 is 4.74 Å². The number of nitrogens with one attached hydrogen (secondary N) is 2. The molecular weight excluding hydrogens is 332 g/mol. The lowest BCUT2D eigenvalue weighted by atomic mass is 10.2. The summed E-state index contributed by atoms with van der Waals surface area (Å²) in [5, 5.41) is 11.0. The van der Waals surface area contributed by atoms with Gasteiger partial charge in [-0.1, -0.05) is 13.3 Å². The predicted molar refractivity (Wildman–Crippen MR) is 104 cm³/mol. The maximum absolute atomic E-state index is 12.3. The first kappa shape index (κ1) is 20.5. The summed E-state index contributed by atoms with van der Waals surface area (Å²) in [6, 6.07) is 0. The number of aliphatic imine (C=N–C) groups is 1. The number of aromatic nitrogens is 3. The molecule has 0 aromatic carbocycles. The van der Waals surface area contributed by atoms with Crippen LogP contribution in [-0.2, 0) is 24.2 Å². The maximum atomic E-state index is 12.3. The second kappa shape index (κ2) is 11.7. The number of hydrogen-bond donors (Lipinski definition) is 2. The van der Waals surface area contributed by atoms with Crippen LogP contribution in [0.1, 0.15) is 51.3 Å². The van der Waals surface area contributed by atoms with Crippen LogP contribution >= 0.6 is 0 Å². The minimum Gasteiger partial charge on any atom is -0.381 e. The molecule has 0 spiro atoms. The van der Waals surface area contributed by atoms with Gasteiger partial charge in [-0.2, -0.15) is 5.10 Å². The van der Waals surface area contributed by atoms with E-state index in [1.54, 1.807) is 11.7 Å². The van der Waals surface area contributed by atoms with Crippen LogP contribution in [0.25, 0.3) is 0 Å². The van der Waals surface area contributed by atoms with Crippen LogP contribution < -0.4 is 16.3 Å². The van der Waals surface area contributed by atoms with E-state index in [0.29, 0.717) is 6.54 Å². The molecule has 0 unspecified atom stereocenters. The molecule has 0 fully saturated rings. The fraction of sp³-hybridized carbons (Fsp3) is 0.833. The smallest absolute Gasteiger partial charge is 0.345 e. The Morgan fingerprint density at radius 3 is 2.69 bits per heavy atom. The molecule has 8 nitrogen and oxygen atoms in total. The topological polar surface area (TPSA) is 85.5 Å². The zero-order valence-electron chi connectivity index (χ0n) is 16.3. The summed E-state index contributed by atoms with van der Waals surface area (Å²) in [4.78, 5) is 16.5. The zero-order valence-corrected chi connectivity index (χ0v) is 16.3. The number of hydrogen-bond acceptors (Lipinski definition) is 4. The number of guanidine groups is 1. The Kier molecular flexibility index (Phi) is 9.23. The van der Waals surface area contributed by atoms with Gasteiger partial charge in [0.25, 0.3) is 0 Å². The number of ether oxygens (including phenoxy) is 1. The minimum absolute atomic E-state index is 0.0327. The highest BCUT2D eigenvalue weighted by Gasteiger charge is 2.16. The highest BCUT2D eigenvalue weighted by Crippen LogP contribution is 2.09. The molecule has 26 heavy (non-hydrogen) atoms. The van der Waals surface area contributed by atoms with Crippen LogP contribution in [0.4, 0.5) is 0 Å². The largest absolute Gasteiger partial charge is 0.381 e. The molecule has 0 saturated carbocycles. The summed E-state index contributed by atoms with van der Waals surface area (Å²) in [5.41, 5.74) is 0.0327. The summed E-state index contributed by atoms with van der Waals surface area (Å²) in [5.74, 6) is 1.72. The van der Waals surface area contributed by atoms with Gasteiger partial charge >= 0.3 is 5.69 Å². The summed E-state index contributed by atoms with van der Waals surface area (Å²) in [6.07, 6.45) is 7.20. The molecule has 2 heterocycles. The Morgan fingerprint density at radius 1 is 1.19 bits per heavy atom. The van der Waals surface area contributed by atoms with E-state index in [-0.39, 0.29) is 5.69 Å². The highest BCUT2D eigenvalue weighted by molar-refractivity contribution is 5.79. The first-order valence-corrected chi connectivity index (χ1v) is 9.95. The molecule has 1 aliphatic rings. The van der Waals surface area contributed by atoms with Crippen molar-refractivity contribution in [2.24, 2.45) is 4.99 Å². The Labute approximate surface area is 156 Å². The van der Waals surface area contributed by atoms with E-state index in [2.05, 4.69) is 27.6 Å². The van der Waals surface area contributed by atoms with Crippen molar-refractivity contribution in [1.82, 2.24) is 25.0 Å². The second-order valence-electron chi connectivity index (χ2n) is 6.63. The number of fused-ring (bicyclic) bond motifs is 1. The minimum atomic E-state index is 0.0327. The number of nitrogens with zero attached hydrogens (tertiary/aromatic N) is 4. The SMILES string of the molecule is CCCCOCCCNC(=NC)NCCCn1nc2n(c1=O)CCCC2. The van der Waals surface area contributed by atoms with Gasteiger partial charge in [0.1, 0.15) is 5.82 Å². The summed E-state index contributed by atoms with van der Waals surface area (Å²) < 4.78 is 8.96. The Bertz CT molecular complexity index is 607. The van der Waals surface area contributed by atoms with Gasteiger partial charge in [0.05, 0.1) is 0 Å². The van der Waals surface area contributed by atoms with Gasteiger partial charge in [-0.25, -0.2) is 9.48 Å². The van der Waals surface area contributed by atoms with Crippen molar-refractivity contribution in [2.45, 2.75) is 65.0 Å². The fourth-order valence-electron chi connectivity index (χ4n) is 2.98. The van der Waals surface area contributed by atoms with Crippen LogP contribution in [0.15, 0.2) is 9.79 Å². The molecule has 1 aliphatic heterocycles. The highest BCUT2D eigenvalue weighted by atomic mass is 16.5. The van der Waals surface area contributed by atoms with Crippen LogP contribution in [0.3, 0.4) is 0 Å². The number of unbranched alkanes of at least 4 members (excludes halogenated alkanes) is 1. The maximum Gasteiger partial charge on any atom is 0.345 e. The third-order valence-corrected chi connectivity index (χ3v) is 4.49. The van der Waals surface area contributed by atoms with Crippen LogP contribution in [-0.4, -0.2) is 53.7 Å². The molecule has 0 aliphatic carbocycles. The van der Waals surface area contributed by atoms with Crippen LogP contribution in [0.5, 0.6) is 0 Å². The van der Waals surface area contributed by atoms with Crippen molar-refractivity contribution >= 4 is 5.96 Å². The summed E-state index contributed by atoms with van der Waals surface area (Å²) >= 11 is 0. The van der Waals surface area contributed by atoms with Crippen molar-refractivity contribution in [3.05, 3.63) is 16.3 Å². The summed E-state index contributed by atoms with van der Waals surface area (Å²) in [7, 11) is 1.76. The van der Waals surface area contributed by atoms with Gasteiger partial charge in [0.15, 0.2) is 5.96 Å². The van der Waals surface area contributed by atoms with E-state index >= 15 is 0 Å². The molecule has 0 bridgehead atoms. The van der Waals surface area contributed by atoms with Crippen LogP contribution in [0, 0.1) is 0 Å². The van der Waals surface area contributed by atoms with Crippen molar-refractivity contribution in [3.63, 3.8) is 0 Å². The molecule has 2 rings (SSSR count). The van der Waals surface area contributed by atoms with Gasteiger partial charge in [0, 0.05) is 52.9 Å². The Balaban J connectivity index is 1.59. The van der Waals surface area contributed by atoms with E-state index in [9.17, 15) is 4.79 Å². The normalized spacial score (nSPS) is 14.3. The van der Waals surface area contributed by atoms with E-state index in [1.165, 1.54) is 6.42 Å². The molecule has 148 valence electrons. The molecule has 0 amide bonds. The number of rotatable bonds is 11. The molecule has 0 atom stereocenters. The molecule has 0 saturated heterocycles. The third kappa shape index (κ3) is 6.48. The molecule has 1 aromatic heterocycles. The molecule has 1 aromatic rings. The van der Waals surface area contributed by atoms with E-state index in [0.717, 1.165) is 83.2 Å². The Hall–Kier alpha value is -1.83. The summed E-state index contributed by atoms with van der Waals surface area (Å²) in [6.45, 7) is 6.82. The average molecular weight is 367 g/mol. The third-order valence-electron chi connectivity index (χ3n) is 4.49. The van der Waals surface area contributed by atoms with Crippen LogP contribution in [0.2, 0.25) is 0 Å². The standard InChI is InChI=1S/C18H34N6O2/c1-3-4-14-26-15-8-11-21-17(19-2)20-10-7-13-24-18(25)23-12-6-5-9-16(23)22-24/h3-15H2,1-2H3,(H2,19,20,21). The number of aryl methyl sites for hydroxylation is 2. The molecule has 0 radical (unpaired) electrons. The van der Waals surface area contributed by atoms with Gasteiger partial charge in [-0.05, 0) is 32.1 Å². The monoisotopic (exact) mass is 366 g/mol. The Morgan fingerprint density at radius 2 is 1.96 bits per heavy atom. The lowest BCUT2D eigenvalue weighted by Gasteiger charge is -2.11.